The fourth-order valence-electron chi connectivity index (χ4n) is 2.20. The number of nitrogens with zero attached hydrogens (tertiary/aromatic N) is 1. The predicted octanol–water partition coefficient (Wildman–Crippen LogP) is 6.03. The van der Waals surface area contributed by atoms with Crippen molar-refractivity contribution in [2.45, 2.75) is 6.92 Å². The van der Waals surface area contributed by atoms with Crippen LogP contribution in [0.2, 0.25) is 10.0 Å². The fraction of sp³-hybridized carbons (Fsp3) is 0.0556. The Labute approximate surface area is 134 Å². The van der Waals surface area contributed by atoms with Gasteiger partial charge in [-0.2, -0.15) is 0 Å². The third kappa shape index (κ3) is 3.26. The molecule has 0 saturated carbocycles. The molecule has 0 radical (unpaired) electrons. The highest BCUT2D eigenvalue weighted by Gasteiger charge is 2.05. The van der Waals surface area contributed by atoms with E-state index < -0.39 is 0 Å². The van der Waals surface area contributed by atoms with Crippen molar-refractivity contribution in [3.63, 3.8) is 0 Å². The first kappa shape index (κ1) is 14.1. The van der Waals surface area contributed by atoms with Gasteiger partial charge in [-0.1, -0.05) is 47.5 Å². The summed E-state index contributed by atoms with van der Waals surface area (Å²) in [6.45, 7) is 2.07. The molecule has 0 aliphatic heterocycles. The van der Waals surface area contributed by atoms with E-state index in [1.165, 1.54) is 5.56 Å². The molecule has 0 spiro atoms. The Morgan fingerprint density at radius 3 is 1.43 bits per heavy atom. The number of rotatable bonds is 2. The lowest BCUT2D eigenvalue weighted by Crippen LogP contribution is -1.90. The molecule has 0 unspecified atom stereocenters. The molecule has 21 heavy (non-hydrogen) atoms. The summed E-state index contributed by atoms with van der Waals surface area (Å²) in [5, 5.41) is 1.45. The van der Waals surface area contributed by atoms with Gasteiger partial charge in [0.1, 0.15) is 0 Å². The molecule has 0 aliphatic carbocycles. The van der Waals surface area contributed by atoms with Crippen LogP contribution in [0.25, 0.3) is 22.5 Å². The highest BCUT2D eigenvalue weighted by atomic mass is 35.5. The molecule has 3 aromatic rings. The van der Waals surface area contributed by atoms with Crippen LogP contribution >= 0.6 is 23.2 Å². The van der Waals surface area contributed by atoms with Gasteiger partial charge in [-0.15, -0.1) is 0 Å². The molecule has 1 aromatic heterocycles. The van der Waals surface area contributed by atoms with E-state index in [4.69, 9.17) is 28.2 Å². The summed E-state index contributed by atoms with van der Waals surface area (Å²) >= 11 is 11.9. The number of benzene rings is 2. The first-order valence-corrected chi connectivity index (χ1v) is 7.38. The molecule has 0 fully saturated rings. The number of halogens is 2. The summed E-state index contributed by atoms with van der Waals surface area (Å²) in [5.74, 6) is 0. The van der Waals surface area contributed by atoms with Crippen molar-refractivity contribution in [3.05, 3.63) is 76.3 Å². The van der Waals surface area contributed by atoms with E-state index in [1.807, 2.05) is 48.5 Å². The van der Waals surface area contributed by atoms with Crippen LogP contribution in [0.5, 0.6) is 0 Å². The maximum Gasteiger partial charge on any atom is 0.0712 e. The van der Waals surface area contributed by atoms with Crippen molar-refractivity contribution >= 4 is 23.2 Å². The molecule has 3 rings (SSSR count). The van der Waals surface area contributed by atoms with E-state index in [0.717, 1.165) is 32.6 Å². The predicted molar refractivity (Wildman–Crippen MR) is 89.9 cm³/mol. The molecule has 0 saturated heterocycles. The van der Waals surface area contributed by atoms with E-state index in [0.29, 0.717) is 0 Å². The second-order valence-corrected chi connectivity index (χ2v) is 5.80. The second kappa shape index (κ2) is 5.88. The van der Waals surface area contributed by atoms with Crippen molar-refractivity contribution in [1.29, 1.82) is 0 Å². The van der Waals surface area contributed by atoms with E-state index in [9.17, 15) is 0 Å². The van der Waals surface area contributed by atoms with Gasteiger partial charge in [0.15, 0.2) is 0 Å². The third-order valence-corrected chi connectivity index (χ3v) is 3.75. The average Bonchev–Trinajstić information content (AvgIpc) is 2.48. The Balaban J connectivity index is 2.07. The lowest BCUT2D eigenvalue weighted by Gasteiger charge is -2.08. The molecule has 0 N–H and O–H groups in total. The number of pyridine rings is 1. The number of hydrogen-bond acceptors (Lipinski definition) is 1. The summed E-state index contributed by atoms with van der Waals surface area (Å²) in [7, 11) is 0. The SMILES string of the molecule is Cc1cc(-c2ccc(Cl)cc2)nc(-c2ccc(Cl)cc2)c1. The van der Waals surface area contributed by atoms with Crippen molar-refractivity contribution in [3.8, 4) is 22.5 Å². The number of aryl methyl sites for hydroxylation is 1. The first-order chi connectivity index (χ1) is 10.1. The van der Waals surface area contributed by atoms with Crippen LogP contribution in [0.3, 0.4) is 0 Å². The molecule has 104 valence electrons. The smallest absolute Gasteiger partial charge is 0.0712 e. The monoisotopic (exact) mass is 313 g/mol. The van der Waals surface area contributed by atoms with Gasteiger partial charge in [0.25, 0.3) is 0 Å². The summed E-state index contributed by atoms with van der Waals surface area (Å²) in [5.41, 5.74) is 5.16. The molecule has 1 nitrogen and oxygen atoms in total. The minimum absolute atomic E-state index is 0.726. The number of hydrogen-bond donors (Lipinski definition) is 0. The van der Waals surface area contributed by atoms with Gasteiger partial charge in [0, 0.05) is 21.2 Å². The number of aromatic nitrogens is 1. The molecule has 3 heteroatoms. The average molecular weight is 314 g/mol. The zero-order chi connectivity index (χ0) is 14.8. The van der Waals surface area contributed by atoms with Crippen LogP contribution in [0.15, 0.2) is 60.7 Å². The molecule has 0 bridgehead atoms. The standard InChI is InChI=1S/C18H13Cl2N/c1-12-10-17(13-2-6-15(19)7-3-13)21-18(11-12)14-4-8-16(20)9-5-14/h2-11H,1H3. The summed E-state index contributed by atoms with van der Waals surface area (Å²) in [6, 6.07) is 19.6. The van der Waals surface area contributed by atoms with Gasteiger partial charge in [-0.3, -0.25) is 0 Å². The van der Waals surface area contributed by atoms with Gasteiger partial charge >= 0.3 is 0 Å². The van der Waals surface area contributed by atoms with Crippen molar-refractivity contribution in [2.75, 3.05) is 0 Å². The van der Waals surface area contributed by atoms with Gasteiger partial charge in [-0.05, 0) is 48.9 Å². The molecule has 0 atom stereocenters. The van der Waals surface area contributed by atoms with Gasteiger partial charge in [0.05, 0.1) is 11.4 Å². The lowest BCUT2D eigenvalue weighted by atomic mass is 10.1. The fourth-order valence-corrected chi connectivity index (χ4v) is 2.46. The van der Waals surface area contributed by atoms with Crippen molar-refractivity contribution < 1.29 is 0 Å². The molecule has 0 aliphatic rings. The minimum Gasteiger partial charge on any atom is -0.248 e. The maximum absolute atomic E-state index is 5.94. The summed E-state index contributed by atoms with van der Waals surface area (Å²) < 4.78 is 0. The van der Waals surface area contributed by atoms with Crippen molar-refractivity contribution in [1.82, 2.24) is 4.98 Å². The topological polar surface area (TPSA) is 12.9 Å². The Bertz CT molecular complexity index is 698. The molecular weight excluding hydrogens is 301 g/mol. The van der Waals surface area contributed by atoms with E-state index in [1.54, 1.807) is 0 Å². The highest BCUT2D eigenvalue weighted by Crippen LogP contribution is 2.26. The maximum atomic E-state index is 5.94. The van der Waals surface area contributed by atoms with Crippen LogP contribution in [-0.2, 0) is 0 Å². The largest absolute Gasteiger partial charge is 0.248 e. The van der Waals surface area contributed by atoms with Crippen LogP contribution in [0.4, 0.5) is 0 Å². The highest BCUT2D eigenvalue weighted by molar-refractivity contribution is 6.30. The second-order valence-electron chi connectivity index (χ2n) is 4.93. The van der Waals surface area contributed by atoms with E-state index >= 15 is 0 Å². The Hall–Kier alpha value is -1.83. The molecular formula is C18H13Cl2N. The molecule has 0 amide bonds. The lowest BCUT2D eigenvalue weighted by molar-refractivity contribution is 1.29. The molecule has 2 aromatic carbocycles. The minimum atomic E-state index is 0.726. The third-order valence-electron chi connectivity index (χ3n) is 3.25. The zero-order valence-electron chi connectivity index (χ0n) is 11.5. The summed E-state index contributed by atoms with van der Waals surface area (Å²) in [6.07, 6.45) is 0. The quantitative estimate of drug-likeness (QED) is 0.562. The Morgan fingerprint density at radius 1 is 0.667 bits per heavy atom. The van der Waals surface area contributed by atoms with Crippen LogP contribution in [-0.4, -0.2) is 4.98 Å². The van der Waals surface area contributed by atoms with Gasteiger partial charge in [0.2, 0.25) is 0 Å². The van der Waals surface area contributed by atoms with Crippen LogP contribution in [0.1, 0.15) is 5.56 Å². The molecule has 1 heterocycles. The zero-order valence-corrected chi connectivity index (χ0v) is 13.0. The van der Waals surface area contributed by atoms with Gasteiger partial charge < -0.3 is 0 Å². The van der Waals surface area contributed by atoms with E-state index in [2.05, 4.69) is 19.1 Å². The van der Waals surface area contributed by atoms with Crippen molar-refractivity contribution in [2.24, 2.45) is 0 Å². The van der Waals surface area contributed by atoms with Crippen LogP contribution in [0, 0.1) is 6.92 Å². The van der Waals surface area contributed by atoms with Gasteiger partial charge in [-0.25, -0.2) is 4.98 Å². The summed E-state index contributed by atoms with van der Waals surface area (Å²) in [4.78, 5) is 4.75. The van der Waals surface area contributed by atoms with Crippen LogP contribution < -0.4 is 0 Å². The van der Waals surface area contributed by atoms with E-state index in [-0.39, 0.29) is 0 Å². The normalized spacial score (nSPS) is 10.6. The Kier molecular flexibility index (Phi) is 3.96. The first-order valence-electron chi connectivity index (χ1n) is 6.62. The Morgan fingerprint density at radius 2 is 1.05 bits per heavy atom.